The molecule has 2 atom stereocenters. The predicted molar refractivity (Wildman–Crippen MR) is 61.1 cm³/mol. The maximum Gasteiger partial charge on any atom is 0.251 e. The highest BCUT2D eigenvalue weighted by molar-refractivity contribution is 5.94. The SMILES string of the molecule is O=C(NCC1CNCC1O)c1cccc(F)c1. The second-order valence-electron chi connectivity index (χ2n) is 4.21. The van der Waals surface area contributed by atoms with Gasteiger partial charge in [-0.25, -0.2) is 4.39 Å². The van der Waals surface area contributed by atoms with Crippen LogP contribution in [-0.4, -0.2) is 36.8 Å². The van der Waals surface area contributed by atoms with Crippen molar-refractivity contribution in [2.45, 2.75) is 6.10 Å². The van der Waals surface area contributed by atoms with Gasteiger partial charge in [-0.15, -0.1) is 0 Å². The van der Waals surface area contributed by atoms with Gasteiger partial charge in [0.15, 0.2) is 0 Å². The monoisotopic (exact) mass is 238 g/mol. The molecule has 0 aromatic heterocycles. The number of benzene rings is 1. The van der Waals surface area contributed by atoms with Crippen molar-refractivity contribution in [1.29, 1.82) is 0 Å². The smallest absolute Gasteiger partial charge is 0.251 e. The fraction of sp³-hybridized carbons (Fsp3) is 0.417. The Morgan fingerprint density at radius 2 is 2.35 bits per heavy atom. The second-order valence-corrected chi connectivity index (χ2v) is 4.21. The number of rotatable bonds is 3. The van der Waals surface area contributed by atoms with Gasteiger partial charge in [-0.1, -0.05) is 6.07 Å². The molecular formula is C12H15FN2O2. The van der Waals surface area contributed by atoms with Crippen molar-refractivity contribution in [1.82, 2.24) is 10.6 Å². The van der Waals surface area contributed by atoms with Crippen molar-refractivity contribution < 1.29 is 14.3 Å². The first-order valence-corrected chi connectivity index (χ1v) is 5.59. The molecule has 4 nitrogen and oxygen atoms in total. The van der Waals surface area contributed by atoms with Crippen LogP contribution < -0.4 is 10.6 Å². The van der Waals surface area contributed by atoms with E-state index < -0.39 is 11.9 Å². The van der Waals surface area contributed by atoms with E-state index in [2.05, 4.69) is 10.6 Å². The summed E-state index contributed by atoms with van der Waals surface area (Å²) >= 11 is 0. The number of hydrogen-bond acceptors (Lipinski definition) is 3. The predicted octanol–water partition coefficient (Wildman–Crippen LogP) is 0.136. The van der Waals surface area contributed by atoms with Gasteiger partial charge in [-0.05, 0) is 18.2 Å². The van der Waals surface area contributed by atoms with Crippen LogP contribution in [0.15, 0.2) is 24.3 Å². The fourth-order valence-corrected chi connectivity index (χ4v) is 1.88. The molecule has 1 aromatic carbocycles. The highest BCUT2D eigenvalue weighted by Gasteiger charge is 2.25. The Morgan fingerprint density at radius 3 is 3.00 bits per heavy atom. The Labute approximate surface area is 98.8 Å². The molecule has 1 fully saturated rings. The van der Waals surface area contributed by atoms with Crippen molar-refractivity contribution in [3.05, 3.63) is 35.6 Å². The molecule has 1 saturated heterocycles. The Kier molecular flexibility index (Phi) is 3.71. The standard InChI is InChI=1S/C12H15FN2O2/c13-10-3-1-2-8(4-10)12(17)15-6-9-5-14-7-11(9)16/h1-4,9,11,14,16H,5-7H2,(H,15,17). The maximum atomic E-state index is 12.9. The summed E-state index contributed by atoms with van der Waals surface area (Å²) in [5.41, 5.74) is 0.297. The van der Waals surface area contributed by atoms with Gasteiger partial charge >= 0.3 is 0 Å². The van der Waals surface area contributed by atoms with E-state index in [9.17, 15) is 14.3 Å². The van der Waals surface area contributed by atoms with E-state index in [0.29, 0.717) is 25.2 Å². The molecule has 2 rings (SSSR count). The summed E-state index contributed by atoms with van der Waals surface area (Å²) in [7, 11) is 0. The Bertz CT molecular complexity index is 411. The van der Waals surface area contributed by atoms with Gasteiger partial charge in [0, 0.05) is 31.1 Å². The lowest BCUT2D eigenvalue weighted by Crippen LogP contribution is -2.34. The number of nitrogens with one attached hydrogen (secondary N) is 2. The molecule has 0 spiro atoms. The first-order valence-electron chi connectivity index (χ1n) is 5.59. The lowest BCUT2D eigenvalue weighted by molar-refractivity contribution is 0.0926. The summed E-state index contributed by atoms with van der Waals surface area (Å²) in [6, 6.07) is 5.54. The summed E-state index contributed by atoms with van der Waals surface area (Å²) in [5.74, 6) is -0.726. The number of carbonyl (C=O) groups excluding carboxylic acids is 1. The highest BCUT2D eigenvalue weighted by atomic mass is 19.1. The number of aliphatic hydroxyl groups is 1. The third-order valence-electron chi connectivity index (χ3n) is 2.92. The molecule has 1 amide bonds. The zero-order valence-electron chi connectivity index (χ0n) is 9.32. The minimum Gasteiger partial charge on any atom is -0.391 e. The molecule has 0 saturated carbocycles. The number of amides is 1. The third kappa shape index (κ3) is 3.01. The summed E-state index contributed by atoms with van der Waals surface area (Å²) in [4.78, 5) is 11.7. The lowest BCUT2D eigenvalue weighted by Gasteiger charge is -2.14. The quantitative estimate of drug-likeness (QED) is 0.701. The topological polar surface area (TPSA) is 61.4 Å². The Balaban J connectivity index is 1.89. The van der Waals surface area contributed by atoms with Gasteiger partial charge < -0.3 is 15.7 Å². The zero-order chi connectivity index (χ0) is 12.3. The molecule has 92 valence electrons. The summed E-state index contributed by atoms with van der Waals surface area (Å²) in [5, 5.41) is 15.3. The van der Waals surface area contributed by atoms with Gasteiger partial charge in [0.2, 0.25) is 0 Å². The molecule has 1 aliphatic rings. The highest BCUT2D eigenvalue weighted by Crippen LogP contribution is 2.08. The summed E-state index contributed by atoms with van der Waals surface area (Å²) in [6.07, 6.45) is -0.428. The zero-order valence-corrected chi connectivity index (χ0v) is 9.32. The van der Waals surface area contributed by atoms with Crippen molar-refractivity contribution in [2.24, 2.45) is 5.92 Å². The van der Waals surface area contributed by atoms with E-state index in [0.717, 1.165) is 0 Å². The lowest BCUT2D eigenvalue weighted by atomic mass is 10.1. The number of carbonyl (C=O) groups is 1. The first kappa shape index (κ1) is 12.0. The Hall–Kier alpha value is -1.46. The normalized spacial score (nSPS) is 23.6. The average molecular weight is 238 g/mol. The van der Waals surface area contributed by atoms with Gasteiger partial charge in [-0.2, -0.15) is 0 Å². The molecule has 1 aliphatic heterocycles. The number of hydrogen-bond donors (Lipinski definition) is 3. The molecule has 3 N–H and O–H groups in total. The second kappa shape index (κ2) is 5.25. The number of halogens is 1. The first-order chi connectivity index (χ1) is 8.16. The van der Waals surface area contributed by atoms with Gasteiger partial charge in [0.05, 0.1) is 6.10 Å². The van der Waals surface area contributed by atoms with Crippen LogP contribution in [-0.2, 0) is 0 Å². The van der Waals surface area contributed by atoms with Crippen LogP contribution >= 0.6 is 0 Å². The van der Waals surface area contributed by atoms with Crippen LogP contribution in [0.1, 0.15) is 10.4 Å². The van der Waals surface area contributed by atoms with Crippen molar-refractivity contribution >= 4 is 5.91 Å². The Morgan fingerprint density at radius 1 is 1.53 bits per heavy atom. The van der Waals surface area contributed by atoms with E-state index in [1.165, 1.54) is 18.2 Å². The van der Waals surface area contributed by atoms with E-state index in [1.807, 2.05) is 0 Å². The molecule has 17 heavy (non-hydrogen) atoms. The van der Waals surface area contributed by atoms with E-state index in [1.54, 1.807) is 6.07 Å². The molecule has 5 heteroatoms. The molecule has 2 unspecified atom stereocenters. The summed E-state index contributed by atoms with van der Waals surface area (Å²) in [6.45, 7) is 1.63. The van der Waals surface area contributed by atoms with Crippen LogP contribution in [0, 0.1) is 11.7 Å². The molecule has 0 radical (unpaired) electrons. The molecule has 1 heterocycles. The summed E-state index contributed by atoms with van der Waals surface area (Å²) < 4.78 is 12.9. The van der Waals surface area contributed by atoms with Crippen LogP contribution in [0.3, 0.4) is 0 Å². The maximum absolute atomic E-state index is 12.9. The largest absolute Gasteiger partial charge is 0.391 e. The van der Waals surface area contributed by atoms with E-state index in [-0.39, 0.29) is 11.8 Å². The van der Waals surface area contributed by atoms with Crippen LogP contribution in [0.2, 0.25) is 0 Å². The molecule has 0 aliphatic carbocycles. The van der Waals surface area contributed by atoms with Crippen LogP contribution in [0.5, 0.6) is 0 Å². The number of aliphatic hydroxyl groups excluding tert-OH is 1. The minimum atomic E-state index is -0.430. The van der Waals surface area contributed by atoms with E-state index in [4.69, 9.17) is 0 Å². The molecule has 1 aromatic rings. The van der Waals surface area contributed by atoms with Crippen LogP contribution in [0.25, 0.3) is 0 Å². The van der Waals surface area contributed by atoms with E-state index >= 15 is 0 Å². The van der Waals surface area contributed by atoms with Crippen molar-refractivity contribution in [3.8, 4) is 0 Å². The van der Waals surface area contributed by atoms with Crippen molar-refractivity contribution in [2.75, 3.05) is 19.6 Å². The molecule has 0 bridgehead atoms. The van der Waals surface area contributed by atoms with Gasteiger partial charge in [-0.3, -0.25) is 4.79 Å². The average Bonchev–Trinajstić information content (AvgIpc) is 2.72. The third-order valence-corrected chi connectivity index (χ3v) is 2.92. The van der Waals surface area contributed by atoms with Gasteiger partial charge in [0.25, 0.3) is 5.91 Å². The molecular weight excluding hydrogens is 223 g/mol. The van der Waals surface area contributed by atoms with Gasteiger partial charge in [0.1, 0.15) is 5.82 Å². The van der Waals surface area contributed by atoms with Crippen molar-refractivity contribution in [3.63, 3.8) is 0 Å². The number of β-amino-alcohol motifs (C(OH)–C–C–N with tert-alkyl or cyclic N) is 1. The minimum absolute atomic E-state index is 0.0208. The van der Waals surface area contributed by atoms with Crippen LogP contribution in [0.4, 0.5) is 4.39 Å². The fourth-order valence-electron chi connectivity index (χ4n) is 1.88.